The second-order valence-electron chi connectivity index (χ2n) is 7.19. The van der Waals surface area contributed by atoms with Crippen molar-refractivity contribution < 1.29 is 31.1 Å². The number of hydrogen-bond acceptors (Lipinski definition) is 7. The molecule has 0 saturated carbocycles. The van der Waals surface area contributed by atoms with Gasteiger partial charge in [0.2, 0.25) is 26.0 Å². The molecule has 0 aromatic heterocycles. The lowest BCUT2D eigenvalue weighted by molar-refractivity contribution is -0.179. The highest BCUT2D eigenvalue weighted by Gasteiger charge is 2.43. The lowest BCUT2D eigenvalue weighted by Crippen LogP contribution is -2.47. The van der Waals surface area contributed by atoms with Gasteiger partial charge in [-0.2, -0.15) is 4.31 Å². The number of nitrogens with zero attached hydrogens (tertiary/aromatic N) is 2. The van der Waals surface area contributed by atoms with E-state index in [0.717, 1.165) is 0 Å². The number of hydrogen-bond donors (Lipinski definition) is 0. The fourth-order valence-electron chi connectivity index (χ4n) is 3.85. The molecule has 3 saturated heterocycles. The number of ether oxygens (including phenoxy) is 2. The number of rotatable bonds is 3. The fourth-order valence-corrected chi connectivity index (χ4v) is 6.99. The number of aryl methyl sites for hydroxylation is 1. The van der Waals surface area contributed by atoms with Crippen LogP contribution in [0.5, 0.6) is 0 Å². The summed E-state index contributed by atoms with van der Waals surface area (Å²) in [4.78, 5) is 12.0. The third-order valence-corrected chi connectivity index (χ3v) is 9.13. The van der Waals surface area contributed by atoms with E-state index in [1.165, 1.54) is 22.5 Å². The first-order chi connectivity index (χ1) is 13.1. The van der Waals surface area contributed by atoms with Crippen LogP contribution in [0.3, 0.4) is 0 Å². The van der Waals surface area contributed by atoms with Gasteiger partial charge in [-0.15, -0.1) is 0 Å². The van der Waals surface area contributed by atoms with E-state index in [4.69, 9.17) is 9.47 Å². The van der Waals surface area contributed by atoms with Crippen molar-refractivity contribution in [3.05, 3.63) is 23.8 Å². The Morgan fingerprint density at radius 1 is 1.11 bits per heavy atom. The minimum atomic E-state index is -3.86. The van der Waals surface area contributed by atoms with Crippen molar-refractivity contribution in [3.63, 3.8) is 0 Å². The van der Waals surface area contributed by atoms with Crippen molar-refractivity contribution in [2.75, 3.05) is 36.4 Å². The van der Waals surface area contributed by atoms with Gasteiger partial charge in [-0.25, -0.2) is 21.1 Å². The van der Waals surface area contributed by atoms with Gasteiger partial charge in [-0.1, -0.05) is 6.07 Å². The molecule has 0 unspecified atom stereocenters. The molecule has 11 heteroatoms. The van der Waals surface area contributed by atoms with Crippen LogP contribution in [0.25, 0.3) is 0 Å². The van der Waals surface area contributed by atoms with E-state index in [-0.39, 0.29) is 35.8 Å². The van der Waals surface area contributed by atoms with Gasteiger partial charge in [0.05, 0.1) is 29.5 Å². The Labute approximate surface area is 164 Å². The number of benzene rings is 1. The molecule has 0 atom stereocenters. The average Bonchev–Trinajstić information content (AvgIpc) is 3.20. The molecular weight excluding hydrogens is 408 g/mol. The zero-order chi connectivity index (χ0) is 20.2. The SMILES string of the molecule is Cc1ccc(N2C(=O)CCS2(=O)=O)cc1S(=O)(=O)N1CCC2(CC1)OCCO2. The van der Waals surface area contributed by atoms with Gasteiger partial charge in [-0.05, 0) is 24.6 Å². The average molecular weight is 431 g/mol. The van der Waals surface area contributed by atoms with Gasteiger partial charge < -0.3 is 9.47 Å². The second kappa shape index (κ2) is 6.77. The topological polar surface area (TPSA) is 110 Å². The number of carbonyl (C=O) groups is 1. The summed E-state index contributed by atoms with van der Waals surface area (Å²) in [6.07, 6.45) is 0.764. The molecule has 0 N–H and O–H groups in total. The molecule has 0 radical (unpaired) electrons. The minimum absolute atomic E-state index is 0.00380. The van der Waals surface area contributed by atoms with Gasteiger partial charge in [0.1, 0.15) is 0 Å². The summed E-state index contributed by atoms with van der Waals surface area (Å²) in [6, 6.07) is 4.26. The molecule has 1 aromatic carbocycles. The van der Waals surface area contributed by atoms with E-state index < -0.39 is 31.7 Å². The van der Waals surface area contributed by atoms with Gasteiger partial charge in [0.15, 0.2) is 5.79 Å². The predicted molar refractivity (Wildman–Crippen MR) is 99.7 cm³/mol. The number of amides is 1. The number of carbonyl (C=O) groups excluding carboxylic acids is 1. The first kappa shape index (κ1) is 19.8. The van der Waals surface area contributed by atoms with Crippen LogP contribution in [0.1, 0.15) is 24.8 Å². The summed E-state index contributed by atoms with van der Waals surface area (Å²) in [7, 11) is -7.62. The highest BCUT2D eigenvalue weighted by Crippen LogP contribution is 2.35. The second-order valence-corrected chi connectivity index (χ2v) is 11.0. The van der Waals surface area contributed by atoms with Crippen LogP contribution in [0.4, 0.5) is 5.69 Å². The molecule has 0 aliphatic carbocycles. The van der Waals surface area contributed by atoms with Crippen LogP contribution in [0, 0.1) is 6.92 Å². The molecule has 0 bridgehead atoms. The number of sulfonamides is 2. The molecule has 3 aliphatic rings. The Morgan fingerprint density at radius 3 is 2.32 bits per heavy atom. The van der Waals surface area contributed by atoms with Crippen LogP contribution in [0.15, 0.2) is 23.1 Å². The molecule has 4 rings (SSSR count). The van der Waals surface area contributed by atoms with E-state index >= 15 is 0 Å². The summed E-state index contributed by atoms with van der Waals surface area (Å²) in [5.74, 6) is -1.52. The zero-order valence-electron chi connectivity index (χ0n) is 15.5. The number of piperidine rings is 1. The van der Waals surface area contributed by atoms with Crippen molar-refractivity contribution in [1.29, 1.82) is 0 Å². The maximum Gasteiger partial charge on any atom is 0.243 e. The zero-order valence-corrected chi connectivity index (χ0v) is 17.1. The standard InChI is InChI=1S/C17H22N2O7S2/c1-13-2-3-14(19-16(20)4-11-27(19,21)22)12-15(13)28(23,24)18-7-5-17(6-8-18)25-9-10-26-17/h2-3,12H,4-11H2,1H3. The van der Waals surface area contributed by atoms with Crippen LogP contribution < -0.4 is 4.31 Å². The largest absolute Gasteiger partial charge is 0.347 e. The van der Waals surface area contributed by atoms with E-state index in [9.17, 15) is 21.6 Å². The van der Waals surface area contributed by atoms with E-state index in [1.807, 2.05) is 0 Å². The molecule has 3 aliphatic heterocycles. The molecule has 1 amide bonds. The highest BCUT2D eigenvalue weighted by molar-refractivity contribution is 7.94. The van der Waals surface area contributed by atoms with Gasteiger partial charge in [0.25, 0.3) is 0 Å². The molecule has 1 aromatic rings. The Hall–Kier alpha value is -1.53. The fraction of sp³-hybridized carbons (Fsp3) is 0.588. The quantitative estimate of drug-likeness (QED) is 0.690. The maximum absolute atomic E-state index is 13.2. The van der Waals surface area contributed by atoms with Crippen LogP contribution in [0.2, 0.25) is 0 Å². The van der Waals surface area contributed by atoms with E-state index in [0.29, 0.717) is 35.9 Å². The van der Waals surface area contributed by atoms with Crippen molar-refractivity contribution in [1.82, 2.24) is 4.31 Å². The summed E-state index contributed by atoms with van der Waals surface area (Å²) in [5, 5.41) is 0. The van der Waals surface area contributed by atoms with Crippen LogP contribution in [-0.4, -0.2) is 64.9 Å². The van der Waals surface area contributed by atoms with Crippen LogP contribution in [-0.2, 0) is 34.3 Å². The minimum Gasteiger partial charge on any atom is -0.347 e. The summed E-state index contributed by atoms with van der Waals surface area (Å²) >= 11 is 0. The third kappa shape index (κ3) is 3.24. The Balaban J connectivity index is 1.64. The predicted octanol–water partition coefficient (Wildman–Crippen LogP) is 0.589. The van der Waals surface area contributed by atoms with Crippen molar-refractivity contribution in [2.45, 2.75) is 36.9 Å². The van der Waals surface area contributed by atoms with Gasteiger partial charge in [0, 0.05) is 32.4 Å². The monoisotopic (exact) mass is 430 g/mol. The lowest BCUT2D eigenvalue weighted by Gasteiger charge is -2.37. The first-order valence-electron chi connectivity index (χ1n) is 9.09. The van der Waals surface area contributed by atoms with Crippen molar-refractivity contribution in [2.24, 2.45) is 0 Å². The highest BCUT2D eigenvalue weighted by atomic mass is 32.2. The molecule has 154 valence electrons. The molecule has 1 spiro atoms. The summed E-state index contributed by atoms with van der Waals surface area (Å²) < 4.78 is 64.1. The molecular formula is C17H22N2O7S2. The van der Waals surface area contributed by atoms with E-state index in [1.54, 1.807) is 6.92 Å². The Bertz CT molecular complexity index is 1000. The first-order valence-corrected chi connectivity index (χ1v) is 12.1. The molecule has 28 heavy (non-hydrogen) atoms. The Kier molecular flexibility index (Phi) is 4.78. The van der Waals surface area contributed by atoms with E-state index in [2.05, 4.69) is 0 Å². The molecule has 3 heterocycles. The third-order valence-electron chi connectivity index (χ3n) is 5.40. The normalized spacial score (nSPS) is 24.9. The number of anilines is 1. The molecule has 3 fully saturated rings. The Morgan fingerprint density at radius 2 is 1.75 bits per heavy atom. The lowest BCUT2D eigenvalue weighted by atomic mass is 10.1. The van der Waals surface area contributed by atoms with Crippen molar-refractivity contribution >= 4 is 31.6 Å². The smallest absolute Gasteiger partial charge is 0.243 e. The van der Waals surface area contributed by atoms with Gasteiger partial charge >= 0.3 is 0 Å². The summed E-state index contributed by atoms with van der Waals surface area (Å²) in [5.41, 5.74) is 0.545. The van der Waals surface area contributed by atoms with Crippen molar-refractivity contribution in [3.8, 4) is 0 Å². The molecule has 9 nitrogen and oxygen atoms in total. The maximum atomic E-state index is 13.2. The summed E-state index contributed by atoms with van der Waals surface area (Å²) in [6.45, 7) is 3.14. The van der Waals surface area contributed by atoms with Crippen LogP contribution >= 0.6 is 0 Å². The van der Waals surface area contributed by atoms with Gasteiger partial charge in [-0.3, -0.25) is 4.79 Å².